The molecule has 10 heteroatoms. The average molecular weight is 569 g/mol. The second-order valence-electron chi connectivity index (χ2n) is 12.3. The lowest BCUT2D eigenvalue weighted by Crippen LogP contribution is -2.45. The lowest BCUT2D eigenvalue weighted by molar-refractivity contribution is -0.115. The van der Waals surface area contributed by atoms with Crippen molar-refractivity contribution < 1.29 is 14.0 Å². The van der Waals surface area contributed by atoms with E-state index in [1.807, 2.05) is 10.8 Å². The van der Waals surface area contributed by atoms with Crippen LogP contribution in [-0.2, 0) is 21.2 Å². The Balaban J connectivity index is 1.57. The van der Waals surface area contributed by atoms with E-state index in [0.717, 1.165) is 5.56 Å². The molecule has 3 heterocycles. The smallest absolute Gasteiger partial charge is 0.229 e. The largest absolute Gasteiger partial charge is 0.414 e. The first kappa shape index (κ1) is 29.8. The van der Waals surface area contributed by atoms with E-state index in [-0.39, 0.29) is 29.0 Å². The van der Waals surface area contributed by atoms with Crippen molar-refractivity contribution in [2.75, 3.05) is 11.9 Å². The molecule has 3 aromatic heterocycles. The summed E-state index contributed by atoms with van der Waals surface area (Å²) in [7, 11) is -2.00. The van der Waals surface area contributed by atoms with Crippen LogP contribution in [0, 0.1) is 11.3 Å². The average Bonchev–Trinajstić information content (AvgIpc) is 3.32. The number of carbonyl (C=O) groups excluding carboxylic acids is 2. The second kappa shape index (κ2) is 11.3. The van der Waals surface area contributed by atoms with Crippen LogP contribution in [0.25, 0.3) is 11.0 Å². The van der Waals surface area contributed by atoms with Crippen LogP contribution in [0.1, 0.15) is 61.7 Å². The number of hydrogen-bond acceptors (Lipinski definition) is 7. The van der Waals surface area contributed by atoms with E-state index in [0.29, 0.717) is 34.3 Å². The van der Waals surface area contributed by atoms with Gasteiger partial charge in [0.15, 0.2) is 14.1 Å². The molecule has 1 aromatic carbocycles. The van der Waals surface area contributed by atoms with Crippen molar-refractivity contribution in [1.82, 2.24) is 19.5 Å². The van der Waals surface area contributed by atoms with Crippen LogP contribution in [0.15, 0.2) is 61.3 Å². The van der Waals surface area contributed by atoms with Crippen LogP contribution >= 0.6 is 0 Å². The van der Waals surface area contributed by atoms with Crippen LogP contribution in [0.2, 0.25) is 18.1 Å². The van der Waals surface area contributed by atoms with Crippen molar-refractivity contribution >= 4 is 36.9 Å². The highest BCUT2D eigenvalue weighted by Crippen LogP contribution is 2.38. The number of benzene rings is 1. The quantitative estimate of drug-likeness (QED) is 0.198. The number of fused-ring (bicyclic) bond motifs is 1. The Morgan fingerprint density at radius 3 is 2.44 bits per heavy atom. The second-order valence-corrected chi connectivity index (χ2v) is 17.1. The summed E-state index contributed by atoms with van der Waals surface area (Å²) in [5.41, 5.74) is 2.30. The molecule has 0 saturated carbocycles. The number of nitriles is 1. The molecule has 0 aliphatic carbocycles. The first-order valence-corrected chi connectivity index (χ1v) is 16.4. The molecule has 0 aliphatic rings. The van der Waals surface area contributed by atoms with Gasteiger partial charge in [-0.1, -0.05) is 32.9 Å². The molecular formula is C31H36N6O3Si. The predicted molar refractivity (Wildman–Crippen MR) is 161 cm³/mol. The zero-order chi connectivity index (χ0) is 30.0. The Kier molecular flexibility index (Phi) is 8.24. The molecule has 0 saturated heterocycles. The molecule has 0 atom stereocenters. The zero-order valence-electron chi connectivity index (χ0n) is 24.6. The molecule has 0 bridgehead atoms. The summed E-state index contributed by atoms with van der Waals surface area (Å²) in [5, 5.41) is 12.4. The minimum atomic E-state index is -2.00. The molecule has 4 aromatic rings. The van der Waals surface area contributed by atoms with E-state index < -0.39 is 13.9 Å². The molecule has 0 radical (unpaired) electrons. The maximum absolute atomic E-state index is 13.8. The molecule has 4 rings (SSSR count). The summed E-state index contributed by atoms with van der Waals surface area (Å²) in [4.78, 5) is 39.3. The van der Waals surface area contributed by atoms with Gasteiger partial charge in [0.25, 0.3) is 0 Å². The van der Waals surface area contributed by atoms with Gasteiger partial charge in [-0.05, 0) is 61.8 Å². The van der Waals surface area contributed by atoms with E-state index in [9.17, 15) is 9.59 Å². The third kappa shape index (κ3) is 6.59. The summed E-state index contributed by atoms with van der Waals surface area (Å²) in [6, 6.07) is 12.1. The fourth-order valence-electron chi connectivity index (χ4n) is 4.12. The van der Waals surface area contributed by atoms with E-state index in [2.05, 4.69) is 74.1 Å². The first-order valence-electron chi connectivity index (χ1n) is 13.5. The van der Waals surface area contributed by atoms with Crippen molar-refractivity contribution in [3.63, 3.8) is 0 Å². The van der Waals surface area contributed by atoms with Crippen molar-refractivity contribution in [3.05, 3.63) is 83.6 Å². The standard InChI is InChI=1S/C31H36N6O3Si/c1-30(2,3)41(6,7)40-19-31(4,5)37-18-25(24-17-33-20-35-29(24)37)28(39)23-12-13-34-26(15-23)36-27(38)14-21-8-10-22(16-32)11-9-21/h8-13,15,17-18,20H,14,19H2,1-7H3,(H,34,36,38). The van der Waals surface area contributed by atoms with Gasteiger partial charge in [0.2, 0.25) is 5.91 Å². The number of aromatic nitrogens is 4. The summed E-state index contributed by atoms with van der Waals surface area (Å²) in [6.45, 7) is 15.7. The number of rotatable bonds is 9. The zero-order valence-corrected chi connectivity index (χ0v) is 25.6. The SMILES string of the molecule is CC(C)(CO[Si](C)(C)C(C)(C)C)n1cc(C(=O)c2ccnc(NC(=O)Cc3ccc(C#N)cc3)c2)c2cncnc21. The Bertz CT molecular complexity index is 1630. The molecule has 0 fully saturated rings. The highest BCUT2D eigenvalue weighted by Gasteiger charge is 2.39. The van der Waals surface area contributed by atoms with Gasteiger partial charge in [0.1, 0.15) is 17.8 Å². The van der Waals surface area contributed by atoms with Crippen molar-refractivity contribution in [1.29, 1.82) is 5.26 Å². The summed E-state index contributed by atoms with van der Waals surface area (Å²) >= 11 is 0. The van der Waals surface area contributed by atoms with Gasteiger partial charge in [-0.3, -0.25) is 9.59 Å². The summed E-state index contributed by atoms with van der Waals surface area (Å²) < 4.78 is 8.54. The molecule has 1 N–H and O–H groups in total. The molecule has 1 amide bonds. The first-order chi connectivity index (χ1) is 19.2. The number of nitrogens with one attached hydrogen (secondary N) is 1. The molecule has 0 aliphatic heterocycles. The van der Waals surface area contributed by atoms with Crippen LogP contribution in [0.4, 0.5) is 5.82 Å². The summed E-state index contributed by atoms with van der Waals surface area (Å²) in [5.74, 6) is -0.229. The topological polar surface area (TPSA) is 123 Å². The van der Waals surface area contributed by atoms with Gasteiger partial charge in [-0.2, -0.15) is 5.26 Å². The highest BCUT2D eigenvalue weighted by atomic mass is 28.4. The van der Waals surface area contributed by atoms with Crippen molar-refractivity contribution in [2.24, 2.45) is 0 Å². The number of nitrogens with zero attached hydrogens (tertiary/aromatic N) is 5. The third-order valence-corrected chi connectivity index (χ3v) is 12.2. The number of pyridine rings is 1. The van der Waals surface area contributed by atoms with Gasteiger partial charge < -0.3 is 14.3 Å². The lowest BCUT2D eigenvalue weighted by atomic mass is 10.0. The minimum Gasteiger partial charge on any atom is -0.414 e. The monoisotopic (exact) mass is 568 g/mol. The number of anilines is 1. The minimum absolute atomic E-state index is 0.0711. The maximum atomic E-state index is 13.8. The molecule has 0 unspecified atom stereocenters. The van der Waals surface area contributed by atoms with Gasteiger partial charge in [-0.15, -0.1) is 0 Å². The predicted octanol–water partition coefficient (Wildman–Crippen LogP) is 5.87. The summed E-state index contributed by atoms with van der Waals surface area (Å²) in [6.07, 6.45) is 6.56. The maximum Gasteiger partial charge on any atom is 0.229 e. The third-order valence-electron chi connectivity index (χ3n) is 7.69. The lowest BCUT2D eigenvalue weighted by Gasteiger charge is -2.39. The van der Waals surface area contributed by atoms with E-state index in [4.69, 9.17) is 9.69 Å². The molecule has 41 heavy (non-hydrogen) atoms. The highest BCUT2D eigenvalue weighted by molar-refractivity contribution is 6.74. The Labute approximate surface area is 241 Å². The fourth-order valence-corrected chi connectivity index (χ4v) is 5.26. The van der Waals surface area contributed by atoms with Gasteiger partial charge in [-0.25, -0.2) is 15.0 Å². The number of hydrogen-bond donors (Lipinski definition) is 1. The Morgan fingerprint density at radius 2 is 1.78 bits per heavy atom. The Morgan fingerprint density at radius 1 is 1.07 bits per heavy atom. The van der Waals surface area contributed by atoms with Gasteiger partial charge in [0, 0.05) is 29.5 Å². The number of carbonyl (C=O) groups is 2. The fraction of sp³-hybridized carbons (Fsp3) is 0.355. The van der Waals surface area contributed by atoms with Crippen LogP contribution in [-0.4, -0.2) is 46.1 Å². The van der Waals surface area contributed by atoms with Crippen LogP contribution in [0.3, 0.4) is 0 Å². The normalized spacial score (nSPS) is 12.2. The molecule has 0 spiro atoms. The van der Waals surface area contributed by atoms with Crippen molar-refractivity contribution in [3.8, 4) is 6.07 Å². The van der Waals surface area contributed by atoms with Gasteiger partial charge in [0.05, 0.1) is 35.8 Å². The van der Waals surface area contributed by atoms with Crippen LogP contribution in [0.5, 0.6) is 0 Å². The van der Waals surface area contributed by atoms with E-state index in [1.54, 1.807) is 42.6 Å². The molecule has 9 nitrogen and oxygen atoms in total. The van der Waals surface area contributed by atoms with Crippen molar-refractivity contribution in [2.45, 2.75) is 64.7 Å². The van der Waals surface area contributed by atoms with E-state index in [1.165, 1.54) is 12.5 Å². The molecule has 212 valence electrons. The van der Waals surface area contributed by atoms with Gasteiger partial charge >= 0.3 is 0 Å². The Hall–Kier alpha value is -4.20. The molecular weight excluding hydrogens is 532 g/mol. The van der Waals surface area contributed by atoms with Crippen LogP contribution < -0.4 is 5.32 Å². The number of amides is 1. The van der Waals surface area contributed by atoms with E-state index >= 15 is 0 Å². The number of ketones is 1.